The molecule has 0 unspecified atom stereocenters. The van der Waals surface area contributed by atoms with Crippen LogP contribution in [0.3, 0.4) is 0 Å². The van der Waals surface area contributed by atoms with Crippen molar-refractivity contribution in [2.24, 2.45) is 0 Å². The Hall–Kier alpha value is -2.04. The maximum absolute atomic E-state index is 12.3. The SMILES string of the molecule is CCCCN(CCCC)C(=O)C(=O)Nc1cc(C)ccc1O. The van der Waals surface area contributed by atoms with Gasteiger partial charge in [-0.15, -0.1) is 0 Å². The number of anilines is 1. The van der Waals surface area contributed by atoms with Crippen molar-refractivity contribution in [3.63, 3.8) is 0 Å². The predicted octanol–water partition coefficient (Wildman–Crippen LogP) is 3.07. The van der Waals surface area contributed by atoms with Crippen LogP contribution < -0.4 is 5.32 Å². The van der Waals surface area contributed by atoms with Gasteiger partial charge in [-0.3, -0.25) is 9.59 Å². The van der Waals surface area contributed by atoms with E-state index in [1.165, 1.54) is 6.07 Å². The van der Waals surface area contributed by atoms with E-state index in [1.54, 1.807) is 17.0 Å². The van der Waals surface area contributed by atoms with E-state index in [0.29, 0.717) is 13.1 Å². The standard InChI is InChI=1S/C17H26N2O3/c1-4-6-10-19(11-7-5-2)17(22)16(21)18-14-12-13(3)8-9-15(14)20/h8-9,12,20H,4-7,10-11H2,1-3H3,(H,18,21). The van der Waals surface area contributed by atoms with Crippen molar-refractivity contribution in [3.8, 4) is 5.75 Å². The Labute approximate surface area is 132 Å². The van der Waals surface area contributed by atoms with Crippen molar-refractivity contribution in [1.29, 1.82) is 0 Å². The summed E-state index contributed by atoms with van der Waals surface area (Å²) in [5, 5.41) is 12.3. The zero-order chi connectivity index (χ0) is 16.5. The number of hydrogen-bond acceptors (Lipinski definition) is 3. The van der Waals surface area contributed by atoms with Gasteiger partial charge in [-0.1, -0.05) is 32.8 Å². The lowest BCUT2D eigenvalue weighted by Crippen LogP contribution is -2.40. The van der Waals surface area contributed by atoms with Gasteiger partial charge in [-0.25, -0.2) is 0 Å². The minimum atomic E-state index is -0.701. The van der Waals surface area contributed by atoms with Gasteiger partial charge in [0, 0.05) is 13.1 Å². The molecule has 1 rings (SSSR count). The highest BCUT2D eigenvalue weighted by Crippen LogP contribution is 2.23. The van der Waals surface area contributed by atoms with Crippen molar-refractivity contribution in [3.05, 3.63) is 23.8 Å². The summed E-state index contributed by atoms with van der Waals surface area (Å²) < 4.78 is 0. The number of rotatable bonds is 7. The van der Waals surface area contributed by atoms with Crippen molar-refractivity contribution in [2.75, 3.05) is 18.4 Å². The van der Waals surface area contributed by atoms with Gasteiger partial charge < -0.3 is 15.3 Å². The quantitative estimate of drug-likeness (QED) is 0.601. The largest absolute Gasteiger partial charge is 0.506 e. The fourth-order valence-corrected chi connectivity index (χ4v) is 2.08. The van der Waals surface area contributed by atoms with Gasteiger partial charge in [0.1, 0.15) is 5.75 Å². The Morgan fingerprint density at radius 3 is 2.27 bits per heavy atom. The summed E-state index contributed by atoms with van der Waals surface area (Å²) in [6.45, 7) is 7.12. The molecule has 1 aromatic rings. The van der Waals surface area contributed by atoms with E-state index in [-0.39, 0.29) is 11.4 Å². The number of amides is 2. The molecule has 1 aromatic carbocycles. The summed E-state index contributed by atoms with van der Waals surface area (Å²) in [4.78, 5) is 26.0. The summed E-state index contributed by atoms with van der Waals surface area (Å²) in [6.07, 6.45) is 3.68. The highest BCUT2D eigenvalue weighted by atomic mass is 16.3. The molecule has 2 amide bonds. The highest BCUT2D eigenvalue weighted by Gasteiger charge is 2.22. The van der Waals surface area contributed by atoms with E-state index in [9.17, 15) is 14.7 Å². The number of benzene rings is 1. The first-order chi connectivity index (χ1) is 10.5. The third-order valence-electron chi connectivity index (χ3n) is 3.44. The van der Waals surface area contributed by atoms with E-state index in [0.717, 1.165) is 31.2 Å². The molecule has 0 fully saturated rings. The van der Waals surface area contributed by atoms with E-state index in [2.05, 4.69) is 5.32 Å². The number of unbranched alkanes of at least 4 members (excludes halogenated alkanes) is 2. The van der Waals surface area contributed by atoms with Crippen LogP contribution in [-0.4, -0.2) is 34.9 Å². The molecular weight excluding hydrogens is 280 g/mol. The molecule has 0 saturated heterocycles. The molecular formula is C17H26N2O3. The molecule has 0 saturated carbocycles. The zero-order valence-electron chi connectivity index (χ0n) is 13.7. The van der Waals surface area contributed by atoms with Gasteiger partial charge in [0.2, 0.25) is 0 Å². The summed E-state index contributed by atoms with van der Waals surface area (Å²) in [7, 11) is 0. The van der Waals surface area contributed by atoms with Gasteiger partial charge >= 0.3 is 11.8 Å². The van der Waals surface area contributed by atoms with Crippen LogP contribution in [0.5, 0.6) is 5.75 Å². The molecule has 0 heterocycles. The van der Waals surface area contributed by atoms with Gasteiger partial charge in [-0.2, -0.15) is 0 Å². The van der Waals surface area contributed by atoms with Crippen LogP contribution in [0, 0.1) is 6.92 Å². The van der Waals surface area contributed by atoms with Crippen molar-refractivity contribution >= 4 is 17.5 Å². The highest BCUT2D eigenvalue weighted by molar-refractivity contribution is 6.39. The molecule has 0 aromatic heterocycles. The molecule has 5 nitrogen and oxygen atoms in total. The predicted molar refractivity (Wildman–Crippen MR) is 87.9 cm³/mol. The molecule has 0 spiro atoms. The van der Waals surface area contributed by atoms with Gasteiger partial charge in [0.05, 0.1) is 5.69 Å². The van der Waals surface area contributed by atoms with Crippen LogP contribution in [0.1, 0.15) is 45.1 Å². The van der Waals surface area contributed by atoms with E-state index < -0.39 is 11.8 Å². The zero-order valence-corrected chi connectivity index (χ0v) is 13.7. The Kier molecular flexibility index (Phi) is 7.43. The minimum absolute atomic E-state index is 0.0413. The summed E-state index contributed by atoms with van der Waals surface area (Å²) >= 11 is 0. The number of phenols is 1. The molecule has 122 valence electrons. The average Bonchev–Trinajstić information content (AvgIpc) is 2.50. The Balaban J connectivity index is 2.75. The maximum atomic E-state index is 12.3. The molecule has 0 bridgehead atoms. The Morgan fingerprint density at radius 2 is 1.73 bits per heavy atom. The van der Waals surface area contributed by atoms with E-state index in [1.807, 2.05) is 20.8 Å². The van der Waals surface area contributed by atoms with E-state index in [4.69, 9.17) is 0 Å². The van der Waals surface area contributed by atoms with E-state index >= 15 is 0 Å². The van der Waals surface area contributed by atoms with Crippen LogP contribution in [0.25, 0.3) is 0 Å². The second-order valence-corrected chi connectivity index (χ2v) is 5.47. The minimum Gasteiger partial charge on any atom is -0.506 e. The number of hydrogen-bond donors (Lipinski definition) is 2. The van der Waals surface area contributed by atoms with Crippen LogP contribution in [0.4, 0.5) is 5.69 Å². The Morgan fingerprint density at radius 1 is 1.14 bits per heavy atom. The fraction of sp³-hybridized carbons (Fsp3) is 0.529. The first-order valence-electron chi connectivity index (χ1n) is 7.89. The molecule has 0 atom stereocenters. The van der Waals surface area contributed by atoms with Crippen molar-refractivity contribution < 1.29 is 14.7 Å². The topological polar surface area (TPSA) is 69.6 Å². The molecule has 0 aliphatic carbocycles. The summed E-state index contributed by atoms with van der Waals surface area (Å²) in [5.41, 5.74) is 1.17. The number of aryl methyl sites for hydroxylation is 1. The van der Waals surface area contributed by atoms with Crippen LogP contribution in [0.15, 0.2) is 18.2 Å². The Bertz CT molecular complexity index is 507. The second-order valence-electron chi connectivity index (χ2n) is 5.47. The smallest absolute Gasteiger partial charge is 0.314 e. The van der Waals surface area contributed by atoms with Gasteiger partial charge in [0.15, 0.2) is 0 Å². The third-order valence-corrected chi connectivity index (χ3v) is 3.44. The number of aromatic hydroxyl groups is 1. The molecule has 2 N–H and O–H groups in total. The first kappa shape index (κ1) is 18.0. The van der Waals surface area contributed by atoms with Crippen LogP contribution in [-0.2, 0) is 9.59 Å². The first-order valence-corrected chi connectivity index (χ1v) is 7.89. The number of nitrogens with zero attached hydrogens (tertiary/aromatic N) is 1. The normalized spacial score (nSPS) is 10.3. The fourth-order valence-electron chi connectivity index (χ4n) is 2.08. The van der Waals surface area contributed by atoms with Gasteiger partial charge in [-0.05, 0) is 37.5 Å². The van der Waals surface area contributed by atoms with Crippen LogP contribution in [0.2, 0.25) is 0 Å². The summed E-state index contributed by atoms with van der Waals surface area (Å²) in [6, 6.07) is 4.88. The van der Waals surface area contributed by atoms with Crippen LogP contribution >= 0.6 is 0 Å². The molecule has 0 aliphatic rings. The molecule has 5 heteroatoms. The number of phenolic OH excluding ortho intramolecular Hbond substituents is 1. The molecule has 0 radical (unpaired) electrons. The van der Waals surface area contributed by atoms with Crippen molar-refractivity contribution in [2.45, 2.75) is 46.5 Å². The second kappa shape index (κ2) is 9.07. The number of nitrogens with one attached hydrogen (secondary N) is 1. The molecule has 0 aliphatic heterocycles. The van der Waals surface area contributed by atoms with Crippen molar-refractivity contribution in [1.82, 2.24) is 4.90 Å². The average molecular weight is 306 g/mol. The third kappa shape index (κ3) is 5.39. The maximum Gasteiger partial charge on any atom is 0.314 e. The lowest BCUT2D eigenvalue weighted by molar-refractivity contribution is -0.143. The monoisotopic (exact) mass is 306 g/mol. The lowest BCUT2D eigenvalue weighted by atomic mass is 10.2. The lowest BCUT2D eigenvalue weighted by Gasteiger charge is -2.21. The molecule has 22 heavy (non-hydrogen) atoms. The summed E-state index contributed by atoms with van der Waals surface area (Å²) in [5.74, 6) is -1.28. The number of carbonyl (C=O) groups excluding carboxylic acids is 2. The van der Waals surface area contributed by atoms with Gasteiger partial charge in [0.25, 0.3) is 0 Å². The number of carbonyl (C=O) groups is 2.